The Labute approximate surface area is 169 Å². The van der Waals surface area contributed by atoms with Crippen LogP contribution in [0.15, 0.2) is 38.3 Å². The van der Waals surface area contributed by atoms with Crippen LogP contribution in [-0.4, -0.2) is 38.3 Å². The van der Waals surface area contributed by atoms with Gasteiger partial charge in [0, 0.05) is 12.2 Å². The summed E-state index contributed by atoms with van der Waals surface area (Å²) in [4.78, 5) is 12.7. The van der Waals surface area contributed by atoms with Crippen molar-refractivity contribution in [1.82, 2.24) is 4.31 Å². The summed E-state index contributed by atoms with van der Waals surface area (Å²) in [6.07, 6.45) is 1.11. The van der Waals surface area contributed by atoms with Gasteiger partial charge in [-0.2, -0.15) is 4.31 Å². The smallest absolute Gasteiger partial charge is 0.253 e. The molecule has 2 aromatic rings. The second-order valence-corrected chi connectivity index (χ2v) is 10.7. The zero-order chi connectivity index (χ0) is 18.9. The van der Waals surface area contributed by atoms with E-state index in [2.05, 4.69) is 21.2 Å². The van der Waals surface area contributed by atoms with Crippen LogP contribution in [0.2, 0.25) is 5.02 Å². The summed E-state index contributed by atoms with van der Waals surface area (Å²) in [5.41, 5.74) is 0.490. The SMILES string of the molecule is COc1ccc(NC(=O)C2CCCN2S(=O)(=O)c2ccc(Br)s2)cc1Cl. The largest absolute Gasteiger partial charge is 0.495 e. The van der Waals surface area contributed by atoms with E-state index in [1.165, 1.54) is 11.4 Å². The molecule has 0 radical (unpaired) electrons. The first-order valence-electron chi connectivity index (χ1n) is 7.74. The van der Waals surface area contributed by atoms with E-state index in [4.69, 9.17) is 16.3 Å². The van der Waals surface area contributed by atoms with Gasteiger partial charge in [-0.15, -0.1) is 11.3 Å². The number of rotatable bonds is 5. The summed E-state index contributed by atoms with van der Waals surface area (Å²) >= 11 is 10.5. The van der Waals surface area contributed by atoms with Crippen LogP contribution in [0.1, 0.15) is 12.8 Å². The Morgan fingerprint density at radius 3 is 2.77 bits per heavy atom. The number of methoxy groups -OCH3 is 1. The van der Waals surface area contributed by atoms with Gasteiger partial charge in [0.05, 0.1) is 15.9 Å². The summed E-state index contributed by atoms with van der Waals surface area (Å²) in [5.74, 6) is 0.126. The lowest BCUT2D eigenvalue weighted by Gasteiger charge is -2.22. The molecular formula is C16H16BrClN2O4S2. The van der Waals surface area contributed by atoms with Crippen molar-refractivity contribution in [3.8, 4) is 5.75 Å². The minimum absolute atomic E-state index is 0.219. The highest BCUT2D eigenvalue weighted by Gasteiger charge is 2.40. The first-order valence-corrected chi connectivity index (χ1v) is 11.2. The fraction of sp³-hybridized carbons (Fsp3) is 0.312. The molecule has 1 aliphatic rings. The maximum absolute atomic E-state index is 12.9. The Morgan fingerprint density at radius 1 is 1.38 bits per heavy atom. The Balaban J connectivity index is 1.79. The normalized spacial score (nSPS) is 18.0. The summed E-state index contributed by atoms with van der Waals surface area (Å²) in [6.45, 7) is 0.319. The van der Waals surface area contributed by atoms with Gasteiger partial charge in [0.25, 0.3) is 10.0 Å². The molecular weight excluding hydrogens is 464 g/mol. The van der Waals surface area contributed by atoms with E-state index in [0.717, 1.165) is 15.1 Å². The predicted octanol–water partition coefficient (Wildman–Crippen LogP) is 3.96. The molecule has 0 aliphatic carbocycles. The molecule has 1 unspecified atom stereocenters. The van der Waals surface area contributed by atoms with Crippen molar-refractivity contribution >= 4 is 60.5 Å². The number of nitrogens with zero attached hydrogens (tertiary/aromatic N) is 1. The Kier molecular flexibility index (Phi) is 5.93. The number of halogens is 2. The molecule has 2 heterocycles. The Bertz CT molecular complexity index is 932. The quantitative estimate of drug-likeness (QED) is 0.704. The number of nitrogens with one attached hydrogen (secondary N) is 1. The van der Waals surface area contributed by atoms with Crippen molar-refractivity contribution in [3.05, 3.63) is 39.1 Å². The maximum atomic E-state index is 12.9. The molecule has 1 aromatic carbocycles. The lowest BCUT2D eigenvalue weighted by atomic mass is 10.2. The van der Waals surface area contributed by atoms with Crippen molar-refractivity contribution in [2.45, 2.75) is 23.1 Å². The highest BCUT2D eigenvalue weighted by molar-refractivity contribution is 9.11. The molecule has 1 N–H and O–H groups in total. The Morgan fingerprint density at radius 2 is 2.15 bits per heavy atom. The van der Waals surface area contributed by atoms with Gasteiger partial charge >= 0.3 is 0 Å². The molecule has 1 amide bonds. The van der Waals surface area contributed by atoms with Crippen molar-refractivity contribution in [2.24, 2.45) is 0 Å². The van der Waals surface area contributed by atoms with Crippen LogP contribution in [0.25, 0.3) is 0 Å². The summed E-state index contributed by atoms with van der Waals surface area (Å²) in [5, 5.41) is 3.11. The van der Waals surface area contributed by atoms with Gasteiger partial charge in [-0.05, 0) is 59.1 Å². The zero-order valence-corrected chi connectivity index (χ0v) is 17.7. The number of sulfonamides is 1. The second-order valence-electron chi connectivity index (χ2n) is 5.67. The van der Waals surface area contributed by atoms with E-state index in [-0.39, 0.29) is 10.1 Å². The van der Waals surface area contributed by atoms with E-state index in [9.17, 15) is 13.2 Å². The molecule has 1 aliphatic heterocycles. The van der Waals surface area contributed by atoms with E-state index in [1.807, 2.05) is 0 Å². The molecule has 1 aromatic heterocycles. The summed E-state index contributed by atoms with van der Waals surface area (Å²) < 4.78 is 33.0. The van der Waals surface area contributed by atoms with Crippen LogP contribution in [-0.2, 0) is 14.8 Å². The van der Waals surface area contributed by atoms with E-state index < -0.39 is 16.1 Å². The first-order chi connectivity index (χ1) is 12.3. The fourth-order valence-electron chi connectivity index (χ4n) is 2.81. The van der Waals surface area contributed by atoms with Crippen LogP contribution in [0, 0.1) is 0 Å². The van der Waals surface area contributed by atoms with E-state index in [0.29, 0.717) is 35.8 Å². The van der Waals surface area contributed by atoms with Gasteiger partial charge in [0.1, 0.15) is 16.0 Å². The topological polar surface area (TPSA) is 75.7 Å². The van der Waals surface area contributed by atoms with Gasteiger partial charge in [-0.3, -0.25) is 4.79 Å². The zero-order valence-electron chi connectivity index (χ0n) is 13.7. The van der Waals surface area contributed by atoms with Crippen molar-refractivity contribution in [1.29, 1.82) is 0 Å². The number of ether oxygens (including phenoxy) is 1. The molecule has 0 bridgehead atoms. The van der Waals surface area contributed by atoms with Gasteiger partial charge in [-0.25, -0.2) is 8.42 Å². The number of benzene rings is 1. The third-order valence-electron chi connectivity index (χ3n) is 4.04. The second kappa shape index (κ2) is 7.85. The number of thiophene rings is 1. The number of amides is 1. The molecule has 0 saturated carbocycles. The van der Waals surface area contributed by atoms with E-state index in [1.54, 1.807) is 30.3 Å². The van der Waals surface area contributed by atoms with Crippen molar-refractivity contribution in [3.63, 3.8) is 0 Å². The van der Waals surface area contributed by atoms with Gasteiger partial charge in [0.2, 0.25) is 5.91 Å². The molecule has 1 fully saturated rings. The fourth-order valence-corrected chi connectivity index (χ4v) is 6.86. The highest BCUT2D eigenvalue weighted by atomic mass is 79.9. The maximum Gasteiger partial charge on any atom is 0.253 e. The summed E-state index contributed by atoms with van der Waals surface area (Å²) in [6, 6.07) is 7.35. The number of hydrogen-bond acceptors (Lipinski definition) is 5. The lowest BCUT2D eigenvalue weighted by Crippen LogP contribution is -2.42. The molecule has 26 heavy (non-hydrogen) atoms. The minimum Gasteiger partial charge on any atom is -0.495 e. The number of carbonyl (C=O) groups is 1. The van der Waals surface area contributed by atoms with Crippen molar-refractivity contribution < 1.29 is 17.9 Å². The van der Waals surface area contributed by atoms with Gasteiger partial charge < -0.3 is 10.1 Å². The lowest BCUT2D eigenvalue weighted by molar-refractivity contribution is -0.119. The number of carbonyl (C=O) groups excluding carboxylic acids is 1. The minimum atomic E-state index is -3.71. The van der Waals surface area contributed by atoms with Crippen LogP contribution < -0.4 is 10.1 Å². The monoisotopic (exact) mass is 478 g/mol. The predicted molar refractivity (Wildman–Crippen MR) is 106 cm³/mol. The molecule has 1 saturated heterocycles. The average Bonchev–Trinajstić information content (AvgIpc) is 3.24. The Hall–Kier alpha value is -1.13. The third-order valence-corrected chi connectivity index (χ3v) is 8.33. The number of anilines is 1. The summed E-state index contributed by atoms with van der Waals surface area (Å²) in [7, 11) is -2.20. The van der Waals surface area contributed by atoms with Crippen LogP contribution in [0.3, 0.4) is 0 Å². The van der Waals surface area contributed by atoms with Crippen LogP contribution in [0.5, 0.6) is 5.75 Å². The van der Waals surface area contributed by atoms with Gasteiger partial charge in [0.15, 0.2) is 0 Å². The van der Waals surface area contributed by atoms with Crippen molar-refractivity contribution in [2.75, 3.05) is 19.0 Å². The highest BCUT2D eigenvalue weighted by Crippen LogP contribution is 2.33. The van der Waals surface area contributed by atoms with Crippen LogP contribution >= 0.6 is 38.9 Å². The van der Waals surface area contributed by atoms with Crippen LogP contribution in [0.4, 0.5) is 5.69 Å². The molecule has 0 spiro atoms. The average molecular weight is 480 g/mol. The molecule has 1 atom stereocenters. The number of hydrogen-bond donors (Lipinski definition) is 1. The molecule has 140 valence electrons. The first kappa shape index (κ1) is 19.6. The third kappa shape index (κ3) is 3.91. The van der Waals surface area contributed by atoms with E-state index >= 15 is 0 Å². The standard InChI is InChI=1S/C16H16BrClN2O4S2/c1-24-13-5-4-10(9-11(13)18)19-16(21)12-3-2-8-20(12)26(22,23)15-7-6-14(17)25-15/h4-7,9,12H,2-3,8H2,1H3,(H,19,21). The molecule has 6 nitrogen and oxygen atoms in total. The molecule has 10 heteroatoms. The molecule has 3 rings (SSSR count). The van der Waals surface area contributed by atoms with Gasteiger partial charge in [-0.1, -0.05) is 11.6 Å².